The molecule has 3 heterocycles. The minimum Gasteiger partial charge on any atom is -0.338 e. The third-order valence-electron chi connectivity index (χ3n) is 4.68. The average molecular weight is 452 g/mol. The Labute approximate surface area is 176 Å². The van der Waals surface area contributed by atoms with Gasteiger partial charge >= 0.3 is 0 Å². The van der Waals surface area contributed by atoms with Gasteiger partial charge in [0, 0.05) is 19.1 Å². The predicted molar refractivity (Wildman–Crippen MR) is 111 cm³/mol. The van der Waals surface area contributed by atoms with Crippen molar-refractivity contribution in [2.24, 2.45) is 0 Å². The Bertz CT molecular complexity index is 1090. The molecule has 1 aliphatic rings. The second-order valence-electron chi connectivity index (χ2n) is 6.65. The lowest BCUT2D eigenvalue weighted by Gasteiger charge is -2.31. The van der Waals surface area contributed by atoms with Gasteiger partial charge in [-0.25, -0.2) is 22.5 Å². The fourth-order valence-electron chi connectivity index (χ4n) is 3.14. The van der Waals surface area contributed by atoms with Gasteiger partial charge in [-0.1, -0.05) is 6.07 Å². The summed E-state index contributed by atoms with van der Waals surface area (Å²) in [6.45, 7) is 0.920. The number of likely N-dealkylation sites (tertiary alicyclic amines) is 1. The Balaban J connectivity index is 1.35. The molecule has 2 aromatic heterocycles. The number of carbonyl (C=O) groups excluding carboxylic acids is 1. The number of thiophene rings is 1. The van der Waals surface area contributed by atoms with E-state index in [9.17, 15) is 17.6 Å². The standard InChI is InChI=1S/C19H18FN3O3S3/c20-13-3-5-15(6-4-13)29(25,26)22-14-7-9-23(10-8-14)19(24)17-12-21-18(28-17)16-2-1-11-27-16/h1-6,11-12,14,22H,7-10H2. The first-order valence-corrected chi connectivity index (χ1v) is 12.2. The van der Waals surface area contributed by atoms with Gasteiger partial charge in [0.05, 0.1) is 16.0 Å². The zero-order valence-electron chi connectivity index (χ0n) is 15.2. The third-order valence-corrected chi connectivity index (χ3v) is 8.24. The molecule has 1 saturated heterocycles. The molecule has 0 bridgehead atoms. The number of carbonyl (C=O) groups is 1. The highest BCUT2D eigenvalue weighted by molar-refractivity contribution is 7.89. The van der Waals surface area contributed by atoms with E-state index in [1.807, 2.05) is 17.5 Å². The average Bonchev–Trinajstić information content (AvgIpc) is 3.40. The number of amides is 1. The Morgan fingerprint density at radius 1 is 1.17 bits per heavy atom. The molecule has 0 aliphatic carbocycles. The van der Waals surface area contributed by atoms with Gasteiger partial charge in [-0.15, -0.1) is 22.7 Å². The van der Waals surface area contributed by atoms with Crippen LogP contribution >= 0.6 is 22.7 Å². The molecule has 0 spiro atoms. The first-order valence-electron chi connectivity index (χ1n) is 8.99. The SMILES string of the molecule is O=C(c1cnc(-c2cccs2)s1)N1CCC(NS(=O)(=O)c2ccc(F)cc2)CC1. The summed E-state index contributed by atoms with van der Waals surface area (Å²) < 4.78 is 40.6. The van der Waals surface area contributed by atoms with Crippen molar-refractivity contribution in [2.45, 2.75) is 23.8 Å². The van der Waals surface area contributed by atoms with Crippen LogP contribution in [0, 0.1) is 5.82 Å². The Morgan fingerprint density at radius 3 is 2.55 bits per heavy atom. The molecule has 0 radical (unpaired) electrons. The van der Waals surface area contributed by atoms with Gasteiger partial charge < -0.3 is 4.90 Å². The number of sulfonamides is 1. The Hall–Kier alpha value is -2.14. The van der Waals surface area contributed by atoms with E-state index in [2.05, 4.69) is 9.71 Å². The highest BCUT2D eigenvalue weighted by Gasteiger charge is 2.28. The summed E-state index contributed by atoms with van der Waals surface area (Å²) in [7, 11) is -3.72. The number of piperidine rings is 1. The monoisotopic (exact) mass is 451 g/mol. The van der Waals surface area contributed by atoms with Crippen molar-refractivity contribution < 1.29 is 17.6 Å². The molecule has 6 nitrogen and oxygen atoms in total. The van der Waals surface area contributed by atoms with Gasteiger partial charge in [-0.2, -0.15) is 0 Å². The number of aromatic nitrogens is 1. The molecule has 1 aromatic carbocycles. The molecule has 1 amide bonds. The van der Waals surface area contributed by atoms with Crippen molar-refractivity contribution in [2.75, 3.05) is 13.1 Å². The maximum absolute atomic E-state index is 13.0. The number of hydrogen-bond donors (Lipinski definition) is 1. The molecule has 10 heteroatoms. The number of thiazole rings is 1. The van der Waals surface area contributed by atoms with E-state index in [0.717, 1.165) is 22.0 Å². The fourth-order valence-corrected chi connectivity index (χ4v) is 6.14. The molecule has 29 heavy (non-hydrogen) atoms. The van der Waals surface area contributed by atoms with E-state index in [1.165, 1.54) is 23.5 Å². The van der Waals surface area contributed by atoms with E-state index in [-0.39, 0.29) is 16.8 Å². The lowest BCUT2D eigenvalue weighted by atomic mass is 10.1. The molecule has 0 saturated carbocycles. The van der Waals surface area contributed by atoms with Crippen LogP contribution in [-0.4, -0.2) is 43.3 Å². The lowest BCUT2D eigenvalue weighted by molar-refractivity contribution is 0.0716. The highest BCUT2D eigenvalue weighted by atomic mass is 32.2. The smallest absolute Gasteiger partial charge is 0.265 e. The molecule has 1 N–H and O–H groups in total. The number of hydrogen-bond acceptors (Lipinski definition) is 6. The minimum absolute atomic E-state index is 0.0307. The van der Waals surface area contributed by atoms with Gasteiger partial charge in [0.25, 0.3) is 5.91 Å². The van der Waals surface area contributed by atoms with E-state index >= 15 is 0 Å². The van der Waals surface area contributed by atoms with Gasteiger partial charge in [-0.3, -0.25) is 4.79 Å². The van der Waals surface area contributed by atoms with E-state index < -0.39 is 15.8 Å². The molecular formula is C19H18FN3O3S3. The normalized spacial score (nSPS) is 15.6. The molecule has 3 aromatic rings. The number of rotatable bonds is 5. The van der Waals surface area contributed by atoms with Crippen molar-refractivity contribution in [3.8, 4) is 9.88 Å². The summed E-state index contributed by atoms with van der Waals surface area (Å²) in [6.07, 6.45) is 2.64. The molecule has 152 valence electrons. The van der Waals surface area contributed by atoms with Gasteiger partial charge in [0.1, 0.15) is 15.7 Å². The largest absolute Gasteiger partial charge is 0.338 e. The second-order valence-corrected chi connectivity index (χ2v) is 10.3. The van der Waals surface area contributed by atoms with Crippen LogP contribution in [0.5, 0.6) is 0 Å². The van der Waals surface area contributed by atoms with Crippen LogP contribution in [0.1, 0.15) is 22.5 Å². The molecular weight excluding hydrogens is 433 g/mol. The van der Waals surface area contributed by atoms with Crippen LogP contribution in [0.4, 0.5) is 4.39 Å². The van der Waals surface area contributed by atoms with Crippen molar-refractivity contribution in [1.29, 1.82) is 0 Å². The maximum atomic E-state index is 13.0. The first kappa shape index (κ1) is 20.1. The molecule has 0 unspecified atom stereocenters. The van der Waals surface area contributed by atoms with Gasteiger partial charge in [0.2, 0.25) is 10.0 Å². The quantitative estimate of drug-likeness (QED) is 0.643. The zero-order chi connectivity index (χ0) is 20.4. The fraction of sp³-hybridized carbons (Fsp3) is 0.263. The number of halogens is 1. The lowest BCUT2D eigenvalue weighted by Crippen LogP contribution is -2.46. The number of benzene rings is 1. The number of nitrogens with one attached hydrogen (secondary N) is 1. The van der Waals surface area contributed by atoms with Crippen LogP contribution < -0.4 is 4.72 Å². The predicted octanol–water partition coefficient (Wildman–Crippen LogP) is 3.59. The Morgan fingerprint density at radius 2 is 1.90 bits per heavy atom. The second kappa shape index (κ2) is 8.31. The van der Waals surface area contributed by atoms with Crippen molar-refractivity contribution >= 4 is 38.6 Å². The van der Waals surface area contributed by atoms with Crippen LogP contribution in [0.15, 0.2) is 52.9 Å². The van der Waals surface area contributed by atoms with Crippen LogP contribution in [0.2, 0.25) is 0 Å². The van der Waals surface area contributed by atoms with Crippen LogP contribution in [0.25, 0.3) is 9.88 Å². The molecule has 1 fully saturated rings. The summed E-state index contributed by atoms with van der Waals surface area (Å²) in [6, 6.07) is 8.37. The van der Waals surface area contributed by atoms with Crippen LogP contribution in [-0.2, 0) is 10.0 Å². The zero-order valence-corrected chi connectivity index (χ0v) is 17.7. The highest BCUT2D eigenvalue weighted by Crippen LogP contribution is 2.30. The van der Waals surface area contributed by atoms with Crippen molar-refractivity contribution in [1.82, 2.24) is 14.6 Å². The maximum Gasteiger partial charge on any atom is 0.265 e. The van der Waals surface area contributed by atoms with E-state index in [1.54, 1.807) is 22.4 Å². The van der Waals surface area contributed by atoms with Gasteiger partial charge in [0.15, 0.2) is 0 Å². The number of nitrogens with zero attached hydrogens (tertiary/aromatic N) is 2. The van der Waals surface area contributed by atoms with Crippen LogP contribution in [0.3, 0.4) is 0 Å². The van der Waals surface area contributed by atoms with Crippen molar-refractivity contribution in [3.63, 3.8) is 0 Å². The van der Waals surface area contributed by atoms with E-state index in [0.29, 0.717) is 30.8 Å². The summed E-state index contributed by atoms with van der Waals surface area (Å²) in [4.78, 5) is 20.5. The van der Waals surface area contributed by atoms with Gasteiger partial charge in [-0.05, 0) is 48.6 Å². The summed E-state index contributed by atoms with van der Waals surface area (Å²) >= 11 is 2.95. The molecule has 4 rings (SSSR count). The van der Waals surface area contributed by atoms with E-state index in [4.69, 9.17) is 0 Å². The summed E-state index contributed by atoms with van der Waals surface area (Å²) in [5, 5.41) is 2.79. The topological polar surface area (TPSA) is 79.4 Å². The first-order chi connectivity index (χ1) is 13.9. The molecule has 1 aliphatic heterocycles. The third kappa shape index (κ3) is 4.55. The molecule has 0 atom stereocenters. The minimum atomic E-state index is -3.72. The van der Waals surface area contributed by atoms with Crippen molar-refractivity contribution in [3.05, 3.63) is 58.7 Å². The summed E-state index contributed by atoms with van der Waals surface area (Å²) in [5.74, 6) is -0.564. The Kier molecular flexibility index (Phi) is 5.77. The summed E-state index contributed by atoms with van der Waals surface area (Å²) in [5.41, 5.74) is 0.